The maximum Gasteiger partial charge on any atom is 0.405 e. The lowest BCUT2D eigenvalue weighted by molar-refractivity contribution is -0.115. The van der Waals surface area contributed by atoms with E-state index in [2.05, 4.69) is 10.1 Å². The normalized spacial score (nSPS) is 11.4. The molecule has 0 saturated carbocycles. The van der Waals surface area contributed by atoms with Crippen LogP contribution < -0.4 is 22.3 Å². The van der Waals surface area contributed by atoms with E-state index in [-0.39, 0.29) is 22.5 Å². The first-order chi connectivity index (χ1) is 13.6. The number of methoxy groups -OCH3 is 1. The molecule has 152 valence electrons. The van der Waals surface area contributed by atoms with Gasteiger partial charge in [-0.25, -0.2) is 4.79 Å². The predicted molar refractivity (Wildman–Crippen MR) is 104 cm³/mol. The molecule has 0 aliphatic carbocycles. The van der Waals surface area contributed by atoms with Crippen LogP contribution in [0, 0.1) is 0 Å². The van der Waals surface area contributed by atoms with Gasteiger partial charge in [-0.3, -0.25) is 9.36 Å². The second-order valence-corrected chi connectivity index (χ2v) is 6.21. The van der Waals surface area contributed by atoms with E-state index in [1.54, 1.807) is 24.3 Å². The summed E-state index contributed by atoms with van der Waals surface area (Å²) in [6, 6.07) is 10.4. The number of rotatable bonds is 4. The molecule has 2 aromatic carbocycles. The van der Waals surface area contributed by atoms with Gasteiger partial charge in [0, 0.05) is 22.4 Å². The number of carbonyl (C=O) groups is 1. The molecule has 3 aromatic rings. The van der Waals surface area contributed by atoms with Crippen molar-refractivity contribution in [3.05, 3.63) is 58.4 Å². The lowest BCUT2D eigenvalue weighted by Gasteiger charge is -2.17. The molecule has 0 aliphatic heterocycles. The summed E-state index contributed by atoms with van der Waals surface area (Å²) in [5.41, 5.74) is 11.6. The van der Waals surface area contributed by atoms with Gasteiger partial charge in [0.1, 0.15) is 12.1 Å². The van der Waals surface area contributed by atoms with Crippen molar-refractivity contribution in [1.82, 2.24) is 4.57 Å². The highest BCUT2D eigenvalue weighted by Crippen LogP contribution is 2.28. The van der Waals surface area contributed by atoms with Crippen LogP contribution in [0.4, 0.5) is 30.2 Å². The van der Waals surface area contributed by atoms with Crippen LogP contribution in [0.25, 0.3) is 16.6 Å². The zero-order chi connectivity index (χ0) is 21.3. The van der Waals surface area contributed by atoms with Crippen molar-refractivity contribution < 1.29 is 22.7 Å². The molecule has 0 fully saturated rings. The van der Waals surface area contributed by atoms with Crippen molar-refractivity contribution in [2.24, 2.45) is 0 Å². The van der Waals surface area contributed by atoms with Gasteiger partial charge in [0.2, 0.25) is 0 Å². The molecular formula is C19H17F3N4O3. The van der Waals surface area contributed by atoms with E-state index in [1.807, 2.05) is 0 Å². The van der Waals surface area contributed by atoms with E-state index in [1.165, 1.54) is 22.8 Å². The molecule has 29 heavy (non-hydrogen) atoms. The van der Waals surface area contributed by atoms with Crippen LogP contribution in [0.1, 0.15) is 10.4 Å². The molecule has 0 spiro atoms. The fourth-order valence-corrected chi connectivity index (χ4v) is 2.91. The maximum absolute atomic E-state index is 13.1. The summed E-state index contributed by atoms with van der Waals surface area (Å²) in [5.74, 6) is -0.919. The number of pyridine rings is 1. The Balaban J connectivity index is 2.31. The van der Waals surface area contributed by atoms with Gasteiger partial charge < -0.3 is 21.5 Å². The number of anilines is 3. The number of nitrogens with zero attached hydrogens (tertiary/aromatic N) is 1. The lowest BCUT2D eigenvalue weighted by atomic mass is 10.1. The third-order valence-corrected chi connectivity index (χ3v) is 4.25. The van der Waals surface area contributed by atoms with Gasteiger partial charge in [-0.1, -0.05) is 0 Å². The number of carbonyl (C=O) groups excluding carboxylic acids is 1. The van der Waals surface area contributed by atoms with E-state index in [0.717, 1.165) is 7.11 Å². The first-order valence-electron chi connectivity index (χ1n) is 8.35. The SMILES string of the molecule is COC(=O)c1c(N)c2ccc(NCC(F)(F)F)cc2n(-c2ccc(N)cc2)c1=O. The maximum atomic E-state index is 13.1. The number of aromatic nitrogens is 1. The van der Waals surface area contributed by atoms with Crippen LogP contribution in [0.5, 0.6) is 0 Å². The van der Waals surface area contributed by atoms with Crippen LogP contribution in [0.2, 0.25) is 0 Å². The van der Waals surface area contributed by atoms with Gasteiger partial charge >= 0.3 is 12.1 Å². The number of benzene rings is 2. The number of esters is 1. The van der Waals surface area contributed by atoms with Crippen LogP contribution in [-0.2, 0) is 4.74 Å². The number of fused-ring (bicyclic) bond motifs is 1. The van der Waals surface area contributed by atoms with Gasteiger partial charge in [-0.15, -0.1) is 0 Å². The van der Waals surface area contributed by atoms with E-state index in [0.29, 0.717) is 16.8 Å². The van der Waals surface area contributed by atoms with Crippen molar-refractivity contribution in [2.45, 2.75) is 6.18 Å². The van der Waals surface area contributed by atoms with Crippen molar-refractivity contribution in [2.75, 3.05) is 30.4 Å². The Morgan fingerprint density at radius 3 is 2.38 bits per heavy atom. The molecule has 7 nitrogen and oxygen atoms in total. The Labute approximate surface area is 162 Å². The largest absolute Gasteiger partial charge is 0.465 e. The summed E-state index contributed by atoms with van der Waals surface area (Å²) in [6.45, 7) is -1.25. The molecule has 0 aliphatic rings. The van der Waals surface area contributed by atoms with Gasteiger partial charge in [-0.2, -0.15) is 13.2 Å². The van der Waals surface area contributed by atoms with Crippen molar-refractivity contribution >= 4 is 33.9 Å². The minimum atomic E-state index is -4.42. The van der Waals surface area contributed by atoms with Crippen LogP contribution >= 0.6 is 0 Å². The molecule has 0 amide bonds. The smallest absolute Gasteiger partial charge is 0.405 e. The molecule has 0 bridgehead atoms. The van der Waals surface area contributed by atoms with Crippen LogP contribution in [-0.4, -0.2) is 30.4 Å². The summed E-state index contributed by atoms with van der Waals surface area (Å²) in [5, 5.41) is 2.56. The van der Waals surface area contributed by atoms with Crippen molar-refractivity contribution in [3.63, 3.8) is 0 Å². The van der Waals surface area contributed by atoms with Crippen LogP contribution in [0.15, 0.2) is 47.3 Å². The Morgan fingerprint density at radius 1 is 1.14 bits per heavy atom. The van der Waals surface area contributed by atoms with Gasteiger partial charge in [0.05, 0.1) is 18.3 Å². The van der Waals surface area contributed by atoms with Crippen LogP contribution in [0.3, 0.4) is 0 Å². The average molecular weight is 406 g/mol. The molecule has 0 saturated heterocycles. The zero-order valence-electron chi connectivity index (χ0n) is 15.2. The minimum absolute atomic E-state index is 0.120. The number of hydrogen-bond acceptors (Lipinski definition) is 6. The monoisotopic (exact) mass is 406 g/mol. The Hall–Kier alpha value is -3.69. The van der Waals surface area contributed by atoms with E-state index in [9.17, 15) is 22.8 Å². The van der Waals surface area contributed by atoms with Crippen molar-refractivity contribution in [3.8, 4) is 5.69 Å². The lowest BCUT2D eigenvalue weighted by Crippen LogP contribution is -2.28. The third kappa shape index (κ3) is 3.96. The summed E-state index contributed by atoms with van der Waals surface area (Å²) >= 11 is 0. The number of ether oxygens (including phenoxy) is 1. The van der Waals surface area contributed by atoms with Crippen molar-refractivity contribution in [1.29, 1.82) is 0 Å². The zero-order valence-corrected chi connectivity index (χ0v) is 15.2. The Morgan fingerprint density at radius 2 is 1.79 bits per heavy atom. The predicted octanol–water partition coefficient (Wildman–Crippen LogP) is 2.92. The summed E-state index contributed by atoms with van der Waals surface area (Å²) in [7, 11) is 1.11. The fourth-order valence-electron chi connectivity index (χ4n) is 2.91. The number of alkyl halides is 3. The third-order valence-electron chi connectivity index (χ3n) is 4.25. The molecule has 0 atom stereocenters. The topological polar surface area (TPSA) is 112 Å². The summed E-state index contributed by atoms with van der Waals surface area (Å²) < 4.78 is 43.5. The molecule has 0 unspecified atom stereocenters. The highest BCUT2D eigenvalue weighted by molar-refractivity contribution is 6.05. The Kier molecular flexibility index (Phi) is 5.10. The molecule has 5 N–H and O–H groups in total. The summed E-state index contributed by atoms with van der Waals surface area (Å²) in [6.07, 6.45) is -4.42. The number of nitrogen functional groups attached to an aromatic ring is 2. The second-order valence-electron chi connectivity index (χ2n) is 6.21. The first-order valence-corrected chi connectivity index (χ1v) is 8.35. The van der Waals surface area contributed by atoms with Gasteiger partial charge in [-0.05, 0) is 42.5 Å². The second kappa shape index (κ2) is 7.38. The first kappa shape index (κ1) is 20.1. The number of nitrogens with one attached hydrogen (secondary N) is 1. The van der Waals surface area contributed by atoms with E-state index >= 15 is 0 Å². The van der Waals surface area contributed by atoms with Gasteiger partial charge in [0.15, 0.2) is 0 Å². The fraction of sp³-hybridized carbons (Fsp3) is 0.158. The molecular weight excluding hydrogens is 389 g/mol. The quantitative estimate of drug-likeness (QED) is 0.454. The van der Waals surface area contributed by atoms with Gasteiger partial charge in [0.25, 0.3) is 5.56 Å². The molecule has 1 heterocycles. The number of halogens is 3. The highest BCUT2D eigenvalue weighted by Gasteiger charge is 2.27. The van der Waals surface area contributed by atoms with E-state index < -0.39 is 24.2 Å². The Bertz CT molecular complexity index is 1140. The molecule has 0 radical (unpaired) electrons. The minimum Gasteiger partial charge on any atom is -0.465 e. The molecule has 3 rings (SSSR count). The standard InChI is InChI=1S/C19H17F3N4O3/c1-29-18(28)15-16(24)13-7-4-11(25-9-19(20,21)22)8-14(13)26(17(15)27)12-5-2-10(23)3-6-12/h2-8,25H,9,23-24H2,1H3. The summed E-state index contributed by atoms with van der Waals surface area (Å²) in [4.78, 5) is 25.2. The highest BCUT2D eigenvalue weighted by atomic mass is 19.4. The number of hydrogen-bond donors (Lipinski definition) is 3. The van der Waals surface area contributed by atoms with E-state index in [4.69, 9.17) is 11.5 Å². The molecule has 10 heteroatoms. The number of nitrogens with two attached hydrogens (primary N) is 2. The average Bonchev–Trinajstić information content (AvgIpc) is 2.67. The molecule has 1 aromatic heterocycles.